The number of ether oxygens (including phenoxy) is 2. The van der Waals surface area contributed by atoms with Gasteiger partial charge in [0.1, 0.15) is 18.1 Å². The molecule has 2 rings (SSSR count). The Morgan fingerprint density at radius 2 is 2.33 bits per heavy atom. The summed E-state index contributed by atoms with van der Waals surface area (Å²) in [5.74, 6) is 0.222. The van der Waals surface area contributed by atoms with E-state index in [-0.39, 0.29) is 0 Å². The van der Waals surface area contributed by atoms with E-state index in [1.807, 2.05) is 12.3 Å². The Morgan fingerprint density at radius 3 is 3.00 bits per heavy atom. The summed E-state index contributed by atoms with van der Waals surface area (Å²) in [6.45, 7) is 1.04. The van der Waals surface area contributed by atoms with E-state index in [9.17, 15) is 4.79 Å². The zero-order valence-electron chi connectivity index (χ0n) is 11.6. The lowest BCUT2D eigenvalue weighted by Gasteiger charge is -2.11. The fraction of sp³-hybridized carbons (Fsp3) is 0.200. The number of carboxylic acid groups (broad SMARTS) is 1. The molecule has 0 unspecified atom stereocenters. The molecule has 1 heterocycles. The minimum atomic E-state index is -1.01. The number of carbonyl (C=O) groups is 1. The molecule has 0 atom stereocenters. The van der Waals surface area contributed by atoms with Gasteiger partial charge in [-0.15, -0.1) is 0 Å². The van der Waals surface area contributed by atoms with Crippen LogP contribution in [0, 0.1) is 0 Å². The Labute approximate surface area is 122 Å². The summed E-state index contributed by atoms with van der Waals surface area (Å²) in [6.07, 6.45) is 6.10. The molecule has 110 valence electrons. The second kappa shape index (κ2) is 7.14. The van der Waals surface area contributed by atoms with E-state index in [1.54, 1.807) is 36.2 Å². The minimum Gasteiger partial charge on any atom is -0.497 e. The van der Waals surface area contributed by atoms with Crippen LogP contribution in [0.15, 0.2) is 42.7 Å². The first kappa shape index (κ1) is 14.6. The van der Waals surface area contributed by atoms with Crippen LogP contribution in [0.5, 0.6) is 11.5 Å². The summed E-state index contributed by atoms with van der Waals surface area (Å²) in [5, 5.41) is 12.8. The van der Waals surface area contributed by atoms with E-state index >= 15 is 0 Å². The van der Waals surface area contributed by atoms with E-state index in [0.717, 1.165) is 6.08 Å². The van der Waals surface area contributed by atoms with Crippen molar-refractivity contribution in [3.63, 3.8) is 0 Å². The maximum Gasteiger partial charge on any atom is 0.328 e. The largest absolute Gasteiger partial charge is 0.497 e. The van der Waals surface area contributed by atoms with E-state index in [1.165, 1.54) is 6.08 Å². The van der Waals surface area contributed by atoms with Gasteiger partial charge in [-0.1, -0.05) is 0 Å². The average Bonchev–Trinajstić information content (AvgIpc) is 2.99. The summed E-state index contributed by atoms with van der Waals surface area (Å²) >= 11 is 0. The molecular weight excluding hydrogens is 272 g/mol. The molecule has 1 aromatic carbocycles. The maximum atomic E-state index is 10.6. The molecule has 0 radical (unpaired) electrons. The number of rotatable bonds is 7. The monoisotopic (exact) mass is 288 g/mol. The molecule has 0 fully saturated rings. The van der Waals surface area contributed by atoms with Crippen LogP contribution in [-0.2, 0) is 11.3 Å². The molecule has 0 spiro atoms. The summed E-state index contributed by atoms with van der Waals surface area (Å²) in [5.41, 5.74) is 0.650. The third kappa shape index (κ3) is 4.38. The molecule has 0 amide bonds. The summed E-state index contributed by atoms with van der Waals surface area (Å²) < 4.78 is 12.6. The van der Waals surface area contributed by atoms with E-state index in [2.05, 4.69) is 5.10 Å². The van der Waals surface area contributed by atoms with Gasteiger partial charge in [0.15, 0.2) is 0 Å². The Bertz CT molecular complexity index is 621. The van der Waals surface area contributed by atoms with Crippen LogP contribution in [0.25, 0.3) is 6.08 Å². The highest BCUT2D eigenvalue weighted by atomic mass is 16.5. The number of hydrogen-bond donors (Lipinski definition) is 1. The average molecular weight is 288 g/mol. The van der Waals surface area contributed by atoms with Gasteiger partial charge in [-0.25, -0.2) is 4.79 Å². The predicted molar refractivity (Wildman–Crippen MR) is 77.4 cm³/mol. The molecule has 6 heteroatoms. The normalized spacial score (nSPS) is 10.7. The highest BCUT2D eigenvalue weighted by Crippen LogP contribution is 2.25. The number of hydrogen-bond acceptors (Lipinski definition) is 4. The first-order valence-corrected chi connectivity index (χ1v) is 6.38. The minimum absolute atomic E-state index is 0.432. The highest BCUT2D eigenvalue weighted by Gasteiger charge is 2.04. The van der Waals surface area contributed by atoms with E-state index < -0.39 is 5.97 Å². The predicted octanol–water partition coefficient (Wildman–Crippen LogP) is 2.07. The van der Waals surface area contributed by atoms with Crippen LogP contribution in [0.3, 0.4) is 0 Å². The standard InChI is InChI=1S/C15H16N2O4/c1-20-13-4-5-14(12(11-13)3-6-15(18)19)21-10-9-17-8-2-7-16-17/h2-8,11H,9-10H2,1H3,(H,18,19). The first-order valence-electron chi connectivity index (χ1n) is 6.38. The zero-order valence-corrected chi connectivity index (χ0v) is 11.6. The summed E-state index contributed by atoms with van der Waals surface area (Å²) in [7, 11) is 1.55. The van der Waals surface area contributed by atoms with Crippen molar-refractivity contribution in [1.82, 2.24) is 9.78 Å². The van der Waals surface area contributed by atoms with Crippen LogP contribution in [-0.4, -0.2) is 34.6 Å². The second-order valence-corrected chi connectivity index (χ2v) is 4.19. The lowest BCUT2D eigenvalue weighted by molar-refractivity contribution is -0.131. The lowest BCUT2D eigenvalue weighted by atomic mass is 10.1. The van der Waals surface area contributed by atoms with Gasteiger partial charge in [0.2, 0.25) is 0 Å². The van der Waals surface area contributed by atoms with Gasteiger partial charge in [0.25, 0.3) is 0 Å². The Hall–Kier alpha value is -2.76. The van der Waals surface area contributed by atoms with Gasteiger partial charge in [-0.05, 0) is 30.3 Å². The molecule has 1 aromatic heterocycles. The van der Waals surface area contributed by atoms with Gasteiger partial charge < -0.3 is 14.6 Å². The van der Waals surface area contributed by atoms with Crippen LogP contribution in [0.2, 0.25) is 0 Å². The molecule has 0 aliphatic heterocycles. The summed E-state index contributed by atoms with van der Waals surface area (Å²) in [6, 6.07) is 7.09. The van der Waals surface area contributed by atoms with Gasteiger partial charge in [0.05, 0.1) is 13.7 Å². The quantitative estimate of drug-likeness (QED) is 0.789. The zero-order chi connectivity index (χ0) is 15.1. The van der Waals surface area contributed by atoms with Crippen molar-refractivity contribution in [3.05, 3.63) is 48.3 Å². The molecule has 21 heavy (non-hydrogen) atoms. The second-order valence-electron chi connectivity index (χ2n) is 4.19. The van der Waals surface area contributed by atoms with Crippen molar-refractivity contribution in [2.75, 3.05) is 13.7 Å². The molecule has 0 saturated carbocycles. The number of carboxylic acids is 1. The van der Waals surface area contributed by atoms with Crippen LogP contribution < -0.4 is 9.47 Å². The van der Waals surface area contributed by atoms with Crippen LogP contribution >= 0.6 is 0 Å². The van der Waals surface area contributed by atoms with Crippen molar-refractivity contribution in [2.24, 2.45) is 0 Å². The van der Waals surface area contributed by atoms with E-state index in [4.69, 9.17) is 14.6 Å². The van der Waals surface area contributed by atoms with Crippen molar-refractivity contribution < 1.29 is 19.4 Å². The molecular formula is C15H16N2O4. The Balaban J connectivity index is 2.07. The first-order chi connectivity index (χ1) is 10.2. The van der Waals surface area contributed by atoms with Crippen molar-refractivity contribution in [2.45, 2.75) is 6.54 Å². The highest BCUT2D eigenvalue weighted by molar-refractivity contribution is 5.86. The Kier molecular flexibility index (Phi) is 4.98. The van der Waals surface area contributed by atoms with Crippen LogP contribution in [0.4, 0.5) is 0 Å². The maximum absolute atomic E-state index is 10.6. The van der Waals surface area contributed by atoms with Gasteiger partial charge in [-0.2, -0.15) is 5.10 Å². The molecule has 1 N–H and O–H groups in total. The van der Waals surface area contributed by atoms with Crippen molar-refractivity contribution >= 4 is 12.0 Å². The topological polar surface area (TPSA) is 73.6 Å². The summed E-state index contributed by atoms with van der Waals surface area (Å²) in [4.78, 5) is 10.6. The van der Waals surface area contributed by atoms with Gasteiger partial charge >= 0.3 is 5.97 Å². The number of aliphatic carboxylic acids is 1. The van der Waals surface area contributed by atoms with Gasteiger partial charge in [-0.3, -0.25) is 4.68 Å². The molecule has 0 aliphatic rings. The number of aromatic nitrogens is 2. The fourth-order valence-corrected chi connectivity index (χ4v) is 1.76. The third-order valence-electron chi connectivity index (χ3n) is 2.76. The number of methoxy groups -OCH3 is 1. The molecule has 0 bridgehead atoms. The van der Waals surface area contributed by atoms with Crippen molar-refractivity contribution in [3.8, 4) is 11.5 Å². The smallest absolute Gasteiger partial charge is 0.328 e. The third-order valence-corrected chi connectivity index (χ3v) is 2.76. The molecule has 0 aliphatic carbocycles. The number of nitrogens with zero attached hydrogens (tertiary/aromatic N) is 2. The number of benzene rings is 1. The fourth-order valence-electron chi connectivity index (χ4n) is 1.76. The SMILES string of the molecule is COc1ccc(OCCn2cccn2)c(C=CC(=O)O)c1. The Morgan fingerprint density at radius 1 is 1.48 bits per heavy atom. The lowest BCUT2D eigenvalue weighted by Crippen LogP contribution is -2.09. The van der Waals surface area contributed by atoms with E-state index in [0.29, 0.717) is 30.2 Å². The molecule has 2 aromatic rings. The molecule has 0 saturated heterocycles. The van der Waals surface area contributed by atoms with Gasteiger partial charge in [0, 0.05) is 24.0 Å². The van der Waals surface area contributed by atoms with Crippen molar-refractivity contribution in [1.29, 1.82) is 0 Å². The molecule has 6 nitrogen and oxygen atoms in total. The van der Waals surface area contributed by atoms with Crippen LogP contribution in [0.1, 0.15) is 5.56 Å².